The van der Waals surface area contributed by atoms with Crippen molar-refractivity contribution in [3.05, 3.63) is 51.9 Å². The molecule has 1 fully saturated rings. The summed E-state index contributed by atoms with van der Waals surface area (Å²) in [6.07, 6.45) is 3.60. The number of hydrogen-bond acceptors (Lipinski definition) is 5. The van der Waals surface area contributed by atoms with E-state index in [0.717, 1.165) is 17.5 Å². The highest BCUT2D eigenvalue weighted by Gasteiger charge is 2.26. The lowest BCUT2D eigenvalue weighted by molar-refractivity contribution is -0.941. The van der Waals surface area contributed by atoms with E-state index in [0.29, 0.717) is 46.4 Å². The number of nitrogens with one attached hydrogen (secondary N) is 1. The third-order valence-corrected chi connectivity index (χ3v) is 6.57. The summed E-state index contributed by atoms with van der Waals surface area (Å²) in [5.41, 5.74) is 2.78. The van der Waals surface area contributed by atoms with Crippen molar-refractivity contribution >= 4 is 11.0 Å². The Morgan fingerprint density at radius 1 is 1.13 bits per heavy atom. The van der Waals surface area contributed by atoms with Crippen LogP contribution in [0.25, 0.3) is 22.1 Å². The van der Waals surface area contributed by atoms with Crippen molar-refractivity contribution in [3.8, 4) is 28.4 Å². The fourth-order valence-electron chi connectivity index (χ4n) is 4.70. The van der Waals surface area contributed by atoms with Crippen molar-refractivity contribution in [1.82, 2.24) is 0 Å². The summed E-state index contributed by atoms with van der Waals surface area (Å²) in [7, 11) is 3.14. The molecule has 2 heterocycles. The van der Waals surface area contributed by atoms with E-state index in [4.69, 9.17) is 13.9 Å². The van der Waals surface area contributed by atoms with Crippen molar-refractivity contribution in [1.29, 1.82) is 0 Å². The lowest BCUT2D eigenvalue weighted by atomic mass is 9.96. The molecule has 0 saturated carbocycles. The molecule has 2 aromatic carbocycles. The minimum Gasteiger partial charge on any atom is -0.507 e. The van der Waals surface area contributed by atoms with Crippen LogP contribution in [0.3, 0.4) is 0 Å². The van der Waals surface area contributed by atoms with Gasteiger partial charge in [-0.05, 0) is 68.5 Å². The van der Waals surface area contributed by atoms with Gasteiger partial charge in [-0.25, -0.2) is 4.79 Å². The maximum Gasteiger partial charge on any atom is 0.344 e. The molecule has 2 N–H and O–H groups in total. The summed E-state index contributed by atoms with van der Waals surface area (Å²) in [4.78, 5) is 14.5. The summed E-state index contributed by atoms with van der Waals surface area (Å²) in [6, 6.07) is 9.43. The molecule has 3 aromatic rings. The molecule has 1 saturated heterocycles. The van der Waals surface area contributed by atoms with Gasteiger partial charge in [-0.2, -0.15) is 0 Å². The number of phenols is 1. The maximum atomic E-state index is 13.1. The van der Waals surface area contributed by atoms with Crippen LogP contribution >= 0.6 is 0 Å². The number of fused-ring (bicyclic) bond motifs is 1. The van der Waals surface area contributed by atoms with Gasteiger partial charge in [0.2, 0.25) is 0 Å². The molecule has 6 nitrogen and oxygen atoms in total. The number of piperidine rings is 1. The van der Waals surface area contributed by atoms with Gasteiger partial charge in [-0.3, -0.25) is 0 Å². The molecule has 0 radical (unpaired) electrons. The molecule has 2 atom stereocenters. The van der Waals surface area contributed by atoms with Gasteiger partial charge < -0.3 is 23.9 Å². The summed E-state index contributed by atoms with van der Waals surface area (Å²) < 4.78 is 16.6. The number of aryl methyl sites for hydroxylation is 1. The molecule has 6 heteroatoms. The van der Waals surface area contributed by atoms with E-state index in [1.54, 1.807) is 32.4 Å². The third-order valence-electron chi connectivity index (χ3n) is 6.57. The second-order valence-electron chi connectivity index (χ2n) is 8.38. The quantitative estimate of drug-likeness (QED) is 0.614. The number of quaternary nitrogens is 1. The topological polar surface area (TPSA) is 73.3 Å². The van der Waals surface area contributed by atoms with E-state index in [9.17, 15) is 9.90 Å². The second kappa shape index (κ2) is 8.63. The van der Waals surface area contributed by atoms with Crippen molar-refractivity contribution in [2.24, 2.45) is 0 Å². The Bertz CT molecular complexity index is 1170. The van der Waals surface area contributed by atoms with Crippen LogP contribution in [0, 0.1) is 6.92 Å². The minimum absolute atomic E-state index is 0.180. The van der Waals surface area contributed by atoms with Gasteiger partial charge in [0.15, 0.2) is 17.1 Å². The normalized spacial score (nSPS) is 18.8. The van der Waals surface area contributed by atoms with Crippen molar-refractivity contribution < 1.29 is 23.9 Å². The first-order valence-electron chi connectivity index (χ1n) is 10.8. The Morgan fingerprint density at radius 3 is 2.61 bits per heavy atom. The predicted molar refractivity (Wildman–Crippen MR) is 120 cm³/mol. The molecule has 1 aliphatic rings. The van der Waals surface area contributed by atoms with Crippen LogP contribution in [0.4, 0.5) is 0 Å². The largest absolute Gasteiger partial charge is 0.507 e. The SMILES string of the molecule is COc1ccc(-c2c(C)c3ccc(O)c(C[NH+]4CCCC[C@@H]4C)c3oc2=O)cc1OC. The second-order valence-corrected chi connectivity index (χ2v) is 8.38. The fourth-order valence-corrected chi connectivity index (χ4v) is 4.70. The molecule has 0 amide bonds. The van der Waals surface area contributed by atoms with Gasteiger partial charge in [-0.1, -0.05) is 6.07 Å². The number of ether oxygens (including phenoxy) is 2. The van der Waals surface area contributed by atoms with Crippen LogP contribution in [0.2, 0.25) is 0 Å². The average molecular weight is 425 g/mol. The number of likely N-dealkylation sites (tertiary alicyclic amines) is 1. The van der Waals surface area contributed by atoms with E-state index in [-0.39, 0.29) is 5.75 Å². The molecular formula is C25H30NO5+. The Morgan fingerprint density at radius 2 is 1.90 bits per heavy atom. The van der Waals surface area contributed by atoms with E-state index in [1.807, 2.05) is 19.1 Å². The van der Waals surface area contributed by atoms with Crippen LogP contribution in [0.5, 0.6) is 17.2 Å². The van der Waals surface area contributed by atoms with Crippen molar-refractivity contribution in [2.45, 2.75) is 45.7 Å². The molecule has 1 aliphatic heterocycles. The predicted octanol–water partition coefficient (Wildman–Crippen LogP) is 3.45. The van der Waals surface area contributed by atoms with Gasteiger partial charge in [-0.15, -0.1) is 0 Å². The molecule has 0 aliphatic carbocycles. The zero-order valence-electron chi connectivity index (χ0n) is 18.6. The number of benzene rings is 2. The number of methoxy groups -OCH3 is 2. The molecule has 1 aromatic heterocycles. The first-order chi connectivity index (χ1) is 14.9. The summed E-state index contributed by atoms with van der Waals surface area (Å²) in [6.45, 7) is 5.86. The molecule has 0 spiro atoms. The van der Waals surface area contributed by atoms with E-state index in [2.05, 4.69) is 6.92 Å². The van der Waals surface area contributed by atoms with E-state index < -0.39 is 5.63 Å². The summed E-state index contributed by atoms with van der Waals surface area (Å²) in [5.74, 6) is 1.33. The summed E-state index contributed by atoms with van der Waals surface area (Å²) in [5, 5.41) is 11.4. The van der Waals surface area contributed by atoms with Crippen molar-refractivity contribution in [3.63, 3.8) is 0 Å². The number of rotatable bonds is 5. The lowest BCUT2D eigenvalue weighted by Crippen LogP contribution is -3.14. The van der Waals surface area contributed by atoms with Gasteiger partial charge >= 0.3 is 5.63 Å². The molecule has 1 unspecified atom stereocenters. The first kappa shape index (κ1) is 21.2. The van der Waals surface area contributed by atoms with E-state index in [1.165, 1.54) is 24.2 Å². The van der Waals surface area contributed by atoms with Gasteiger partial charge in [0.25, 0.3) is 0 Å². The monoisotopic (exact) mass is 424 g/mol. The molecule has 31 heavy (non-hydrogen) atoms. The minimum atomic E-state index is -0.425. The van der Waals surface area contributed by atoms with Crippen LogP contribution in [-0.4, -0.2) is 31.9 Å². The average Bonchev–Trinajstić information content (AvgIpc) is 2.77. The van der Waals surface area contributed by atoms with E-state index >= 15 is 0 Å². The number of aromatic hydroxyl groups is 1. The Kier molecular flexibility index (Phi) is 5.92. The highest BCUT2D eigenvalue weighted by molar-refractivity contribution is 5.90. The smallest absolute Gasteiger partial charge is 0.344 e. The number of phenolic OH excluding ortho intramolecular Hbond substituents is 1. The highest BCUT2D eigenvalue weighted by atomic mass is 16.5. The zero-order chi connectivity index (χ0) is 22.1. The maximum absolute atomic E-state index is 13.1. The molecule has 4 rings (SSSR count). The number of hydrogen-bond donors (Lipinski definition) is 2. The van der Waals surface area contributed by atoms with Gasteiger partial charge in [0.1, 0.15) is 12.3 Å². The Balaban J connectivity index is 1.85. The van der Waals surface area contributed by atoms with Crippen LogP contribution in [0.15, 0.2) is 39.5 Å². The van der Waals surface area contributed by atoms with Gasteiger partial charge in [0, 0.05) is 5.39 Å². The molecule has 0 bridgehead atoms. The standard InChI is InChI=1S/C25H29NO5/c1-15-7-5-6-12-26(15)14-19-20(27)10-9-18-16(2)23(25(28)31-24(18)19)17-8-11-21(29-3)22(13-17)30-4/h8-11,13,15,27H,5-7,12,14H2,1-4H3/p+1/t15-/m0/s1. The first-order valence-corrected chi connectivity index (χ1v) is 10.8. The van der Waals surface area contributed by atoms with Gasteiger partial charge in [0.05, 0.1) is 37.9 Å². The Labute approximate surface area is 182 Å². The highest BCUT2D eigenvalue weighted by Crippen LogP contribution is 2.35. The van der Waals surface area contributed by atoms with Crippen LogP contribution in [0.1, 0.15) is 37.3 Å². The molecular weight excluding hydrogens is 394 g/mol. The third kappa shape index (κ3) is 3.88. The fraction of sp³-hybridized carbons (Fsp3) is 0.400. The molecule has 164 valence electrons. The van der Waals surface area contributed by atoms with Crippen LogP contribution < -0.4 is 20.0 Å². The van der Waals surface area contributed by atoms with Crippen LogP contribution in [-0.2, 0) is 6.54 Å². The van der Waals surface area contributed by atoms with Crippen molar-refractivity contribution in [2.75, 3.05) is 20.8 Å². The Hall–Kier alpha value is -2.99. The summed E-state index contributed by atoms with van der Waals surface area (Å²) >= 11 is 0. The zero-order valence-corrected chi connectivity index (χ0v) is 18.6. The lowest BCUT2D eigenvalue weighted by Gasteiger charge is -2.30.